The van der Waals surface area contributed by atoms with E-state index in [1.54, 1.807) is 11.8 Å². The summed E-state index contributed by atoms with van der Waals surface area (Å²) < 4.78 is 7.08. The Kier molecular flexibility index (Phi) is 3.16. The maximum absolute atomic E-state index is 5.43. The minimum absolute atomic E-state index is 0.546. The van der Waals surface area contributed by atoms with Crippen LogP contribution >= 0.6 is 0 Å². The molecule has 2 aromatic heterocycles. The van der Waals surface area contributed by atoms with Crippen LogP contribution in [0.15, 0.2) is 30.6 Å². The third-order valence-electron chi connectivity index (χ3n) is 2.89. The predicted octanol–water partition coefficient (Wildman–Crippen LogP) is 1.65. The Morgan fingerprint density at radius 1 is 1.25 bits per heavy atom. The van der Waals surface area contributed by atoms with Gasteiger partial charge in [-0.2, -0.15) is 4.68 Å². The number of methoxy groups -OCH3 is 1. The summed E-state index contributed by atoms with van der Waals surface area (Å²) in [6.07, 6.45) is 1.48. The first-order valence-corrected chi connectivity index (χ1v) is 6.28. The van der Waals surface area contributed by atoms with Crippen molar-refractivity contribution in [1.29, 1.82) is 0 Å². The molecule has 7 nitrogen and oxygen atoms in total. The molecule has 0 aliphatic carbocycles. The zero-order chi connectivity index (χ0) is 13.9. The molecule has 0 bridgehead atoms. The summed E-state index contributed by atoms with van der Waals surface area (Å²) in [6.45, 7) is 2.73. The van der Waals surface area contributed by atoms with Crippen molar-refractivity contribution in [2.75, 3.05) is 19.0 Å². The largest absolute Gasteiger partial charge is 0.490 e. The molecule has 0 radical (unpaired) electrons. The number of anilines is 1. The first kappa shape index (κ1) is 12.3. The lowest BCUT2D eigenvalue weighted by molar-refractivity contribution is 0.409. The van der Waals surface area contributed by atoms with E-state index in [4.69, 9.17) is 4.74 Å². The zero-order valence-electron chi connectivity index (χ0n) is 11.2. The van der Waals surface area contributed by atoms with E-state index in [2.05, 4.69) is 25.6 Å². The zero-order valence-corrected chi connectivity index (χ0v) is 11.2. The van der Waals surface area contributed by atoms with E-state index in [0.717, 1.165) is 17.6 Å². The van der Waals surface area contributed by atoms with Crippen molar-refractivity contribution in [3.8, 4) is 11.6 Å². The average molecular weight is 270 g/mol. The van der Waals surface area contributed by atoms with E-state index >= 15 is 0 Å². The second kappa shape index (κ2) is 5.12. The van der Waals surface area contributed by atoms with Gasteiger partial charge in [0.25, 0.3) is 0 Å². The van der Waals surface area contributed by atoms with Gasteiger partial charge in [0.2, 0.25) is 11.6 Å². The number of para-hydroxylation sites is 1. The maximum Gasteiger partial charge on any atom is 0.206 e. The number of ether oxygens (including phenoxy) is 1. The molecule has 20 heavy (non-hydrogen) atoms. The van der Waals surface area contributed by atoms with E-state index in [9.17, 15) is 0 Å². The Hall–Kier alpha value is -2.70. The lowest BCUT2D eigenvalue weighted by Crippen LogP contribution is -2.08. The highest BCUT2D eigenvalue weighted by atomic mass is 16.5. The van der Waals surface area contributed by atoms with Gasteiger partial charge in [0.15, 0.2) is 5.82 Å². The lowest BCUT2D eigenvalue weighted by Gasteiger charge is -2.11. The smallest absolute Gasteiger partial charge is 0.206 e. The van der Waals surface area contributed by atoms with Crippen molar-refractivity contribution < 1.29 is 4.74 Å². The molecule has 1 aromatic carbocycles. The average Bonchev–Trinajstić information content (AvgIpc) is 2.91. The summed E-state index contributed by atoms with van der Waals surface area (Å²) in [5, 5.41) is 11.4. The van der Waals surface area contributed by atoms with E-state index in [1.807, 2.05) is 31.2 Å². The molecule has 102 valence electrons. The van der Waals surface area contributed by atoms with Crippen LogP contribution in [0.2, 0.25) is 0 Å². The third kappa shape index (κ3) is 1.93. The van der Waals surface area contributed by atoms with Crippen molar-refractivity contribution in [3.63, 3.8) is 0 Å². The predicted molar refractivity (Wildman–Crippen MR) is 75.2 cm³/mol. The van der Waals surface area contributed by atoms with E-state index in [-0.39, 0.29) is 0 Å². The van der Waals surface area contributed by atoms with E-state index in [0.29, 0.717) is 17.4 Å². The van der Waals surface area contributed by atoms with E-state index < -0.39 is 0 Å². The second-order valence-corrected chi connectivity index (χ2v) is 4.10. The van der Waals surface area contributed by atoms with Gasteiger partial charge < -0.3 is 10.1 Å². The Labute approximate surface area is 115 Å². The SMILES string of the molecule is CCNc1ncnc(-n2nnc3ccccc32)c1OC. The number of fused-ring (bicyclic) bond motifs is 1. The van der Waals surface area contributed by atoms with Crippen LogP contribution in [0.1, 0.15) is 6.92 Å². The summed E-state index contributed by atoms with van der Waals surface area (Å²) in [4.78, 5) is 8.45. The molecule has 0 atom stereocenters. The fourth-order valence-electron chi connectivity index (χ4n) is 2.02. The monoisotopic (exact) mass is 270 g/mol. The van der Waals surface area contributed by atoms with Gasteiger partial charge in [-0.1, -0.05) is 17.3 Å². The summed E-state index contributed by atoms with van der Waals surface area (Å²) in [7, 11) is 1.59. The van der Waals surface area contributed by atoms with Gasteiger partial charge in [-0.25, -0.2) is 9.97 Å². The molecule has 0 unspecified atom stereocenters. The third-order valence-corrected chi connectivity index (χ3v) is 2.89. The van der Waals surface area contributed by atoms with E-state index in [1.165, 1.54) is 6.33 Å². The van der Waals surface area contributed by atoms with Crippen LogP contribution in [-0.2, 0) is 0 Å². The minimum Gasteiger partial charge on any atom is -0.490 e. The first-order valence-electron chi connectivity index (χ1n) is 6.28. The second-order valence-electron chi connectivity index (χ2n) is 4.10. The first-order chi connectivity index (χ1) is 9.85. The molecule has 1 N–H and O–H groups in total. The highest BCUT2D eigenvalue weighted by Gasteiger charge is 2.16. The van der Waals surface area contributed by atoms with Crippen molar-refractivity contribution in [3.05, 3.63) is 30.6 Å². The fraction of sp³-hybridized carbons (Fsp3) is 0.231. The van der Waals surface area contributed by atoms with Crippen molar-refractivity contribution in [1.82, 2.24) is 25.0 Å². The number of benzene rings is 1. The number of hydrogen-bond donors (Lipinski definition) is 1. The van der Waals surface area contributed by atoms with Crippen LogP contribution in [0.4, 0.5) is 5.82 Å². The fourth-order valence-corrected chi connectivity index (χ4v) is 2.02. The van der Waals surface area contributed by atoms with Gasteiger partial charge in [0.05, 0.1) is 12.6 Å². The molecule has 0 saturated carbocycles. The van der Waals surface area contributed by atoms with Gasteiger partial charge in [0, 0.05) is 6.54 Å². The van der Waals surface area contributed by atoms with Crippen molar-refractivity contribution in [2.45, 2.75) is 6.92 Å². The van der Waals surface area contributed by atoms with Crippen LogP contribution in [0, 0.1) is 0 Å². The number of aromatic nitrogens is 5. The Morgan fingerprint density at radius 3 is 2.90 bits per heavy atom. The number of nitrogens with zero attached hydrogens (tertiary/aromatic N) is 5. The molecule has 0 aliphatic rings. The van der Waals surface area contributed by atoms with Crippen molar-refractivity contribution >= 4 is 16.9 Å². The molecule has 3 rings (SSSR count). The Bertz CT molecular complexity index is 739. The lowest BCUT2D eigenvalue weighted by atomic mass is 10.3. The highest BCUT2D eigenvalue weighted by Crippen LogP contribution is 2.28. The summed E-state index contributed by atoms with van der Waals surface area (Å²) in [6, 6.07) is 7.69. The molecule has 2 heterocycles. The summed E-state index contributed by atoms with van der Waals surface area (Å²) >= 11 is 0. The summed E-state index contributed by atoms with van der Waals surface area (Å²) in [5.74, 6) is 1.75. The Morgan fingerprint density at radius 2 is 2.10 bits per heavy atom. The standard InChI is InChI=1S/C13H14N6O/c1-3-14-12-11(20-2)13(16-8-15-12)19-10-7-5-4-6-9(10)17-18-19/h4-8H,3H2,1-2H3,(H,14,15,16). The molecular weight excluding hydrogens is 256 g/mol. The molecule has 3 aromatic rings. The van der Waals surface area contributed by atoms with Crippen LogP contribution < -0.4 is 10.1 Å². The molecule has 0 aliphatic heterocycles. The van der Waals surface area contributed by atoms with Gasteiger partial charge >= 0.3 is 0 Å². The molecule has 7 heteroatoms. The van der Waals surface area contributed by atoms with Gasteiger partial charge in [-0.3, -0.25) is 0 Å². The topological polar surface area (TPSA) is 77.8 Å². The number of hydrogen-bond acceptors (Lipinski definition) is 6. The van der Waals surface area contributed by atoms with Crippen LogP contribution in [0.25, 0.3) is 16.9 Å². The van der Waals surface area contributed by atoms with Gasteiger partial charge in [-0.05, 0) is 19.1 Å². The van der Waals surface area contributed by atoms with Crippen LogP contribution in [0.5, 0.6) is 5.75 Å². The van der Waals surface area contributed by atoms with Gasteiger partial charge in [-0.15, -0.1) is 5.10 Å². The van der Waals surface area contributed by atoms with Crippen molar-refractivity contribution in [2.24, 2.45) is 0 Å². The Balaban J connectivity index is 2.21. The number of nitrogens with one attached hydrogen (secondary N) is 1. The molecule has 0 spiro atoms. The minimum atomic E-state index is 0.546. The molecular formula is C13H14N6O. The summed E-state index contributed by atoms with van der Waals surface area (Å²) in [5.41, 5.74) is 1.67. The van der Waals surface area contributed by atoms with Crippen LogP contribution in [-0.4, -0.2) is 38.6 Å². The molecule has 0 fully saturated rings. The quantitative estimate of drug-likeness (QED) is 0.776. The highest BCUT2D eigenvalue weighted by molar-refractivity contribution is 5.76. The normalized spacial score (nSPS) is 10.7. The molecule has 0 saturated heterocycles. The van der Waals surface area contributed by atoms with Gasteiger partial charge in [0.1, 0.15) is 11.8 Å². The number of rotatable bonds is 4. The molecule has 0 amide bonds. The van der Waals surface area contributed by atoms with Crippen LogP contribution in [0.3, 0.4) is 0 Å². The maximum atomic E-state index is 5.43.